The highest BCUT2D eigenvalue weighted by Crippen LogP contribution is 2.19. The van der Waals surface area contributed by atoms with Gasteiger partial charge in [0.1, 0.15) is 11.6 Å². The summed E-state index contributed by atoms with van der Waals surface area (Å²) in [6.45, 7) is 2.33. The zero-order chi connectivity index (χ0) is 12.3. The highest BCUT2D eigenvalue weighted by Gasteiger charge is 2.08. The molecule has 1 nitrogen and oxygen atoms in total. The van der Waals surface area contributed by atoms with Crippen LogP contribution < -0.4 is 5.32 Å². The van der Waals surface area contributed by atoms with Gasteiger partial charge in [-0.1, -0.05) is 6.07 Å². The van der Waals surface area contributed by atoms with Crippen LogP contribution in [0.15, 0.2) is 35.7 Å². The Bertz CT molecular complexity index is 482. The van der Waals surface area contributed by atoms with Gasteiger partial charge >= 0.3 is 0 Å². The maximum absolute atomic E-state index is 13.4. The molecule has 0 spiro atoms. The summed E-state index contributed by atoms with van der Waals surface area (Å²) in [4.78, 5) is 1.18. The molecule has 1 heterocycles. The molecule has 0 saturated heterocycles. The van der Waals surface area contributed by atoms with Gasteiger partial charge in [-0.2, -0.15) is 0 Å². The van der Waals surface area contributed by atoms with E-state index in [1.54, 1.807) is 11.3 Å². The maximum atomic E-state index is 13.4. The van der Waals surface area contributed by atoms with Gasteiger partial charge in [-0.3, -0.25) is 0 Å². The minimum absolute atomic E-state index is 0.137. The summed E-state index contributed by atoms with van der Waals surface area (Å²) in [7, 11) is 0. The Labute approximate surface area is 103 Å². The summed E-state index contributed by atoms with van der Waals surface area (Å²) in [5.41, 5.74) is 0.355. The van der Waals surface area contributed by atoms with Crippen molar-refractivity contribution in [2.45, 2.75) is 19.5 Å². The third-order valence-corrected chi connectivity index (χ3v) is 3.63. The highest BCUT2D eigenvalue weighted by molar-refractivity contribution is 7.10. The standard InChI is InChI=1S/C13H13F2NS/c1-9(13-3-2-6-17-13)16-8-10-7-11(14)4-5-12(10)15/h2-7,9,16H,8H2,1H3. The molecule has 4 heteroatoms. The van der Waals surface area contributed by atoms with Crippen LogP contribution >= 0.6 is 11.3 Å². The van der Waals surface area contributed by atoms with Crippen LogP contribution in [0.5, 0.6) is 0 Å². The van der Waals surface area contributed by atoms with Crippen molar-refractivity contribution in [3.05, 3.63) is 57.8 Å². The summed E-state index contributed by atoms with van der Waals surface area (Å²) in [5, 5.41) is 5.17. The number of thiophene rings is 1. The van der Waals surface area contributed by atoms with E-state index >= 15 is 0 Å². The molecule has 1 N–H and O–H groups in total. The Morgan fingerprint density at radius 2 is 2.12 bits per heavy atom. The average Bonchev–Trinajstić information content (AvgIpc) is 2.83. The number of hydrogen-bond acceptors (Lipinski definition) is 2. The highest BCUT2D eigenvalue weighted by atomic mass is 32.1. The van der Waals surface area contributed by atoms with Crippen molar-refractivity contribution in [1.29, 1.82) is 0 Å². The third kappa shape index (κ3) is 3.11. The van der Waals surface area contributed by atoms with E-state index in [1.165, 1.54) is 10.9 Å². The predicted molar refractivity (Wildman–Crippen MR) is 65.9 cm³/mol. The van der Waals surface area contributed by atoms with Crippen LogP contribution in [-0.4, -0.2) is 0 Å². The van der Waals surface area contributed by atoms with E-state index in [2.05, 4.69) is 5.32 Å². The molecule has 0 aliphatic carbocycles. The normalized spacial score (nSPS) is 12.6. The second kappa shape index (κ2) is 5.38. The summed E-state index contributed by atoms with van der Waals surface area (Å²) < 4.78 is 26.3. The molecular formula is C13H13F2NS. The van der Waals surface area contributed by atoms with E-state index in [9.17, 15) is 8.78 Å². The molecular weight excluding hydrogens is 240 g/mol. The summed E-state index contributed by atoms with van der Waals surface area (Å²) in [6.07, 6.45) is 0. The first kappa shape index (κ1) is 12.2. The fourth-order valence-corrected chi connectivity index (χ4v) is 2.34. The van der Waals surface area contributed by atoms with Crippen molar-refractivity contribution in [2.75, 3.05) is 0 Å². The van der Waals surface area contributed by atoms with Crippen molar-refractivity contribution in [3.8, 4) is 0 Å². The van der Waals surface area contributed by atoms with Crippen molar-refractivity contribution in [3.63, 3.8) is 0 Å². The van der Waals surface area contributed by atoms with Gasteiger partial charge < -0.3 is 5.32 Å². The minimum Gasteiger partial charge on any atom is -0.305 e. The zero-order valence-electron chi connectivity index (χ0n) is 9.41. The molecule has 2 aromatic rings. The van der Waals surface area contributed by atoms with E-state index in [4.69, 9.17) is 0 Å². The Kier molecular flexibility index (Phi) is 3.86. The first-order valence-corrected chi connectivity index (χ1v) is 6.25. The van der Waals surface area contributed by atoms with Crippen LogP contribution in [0, 0.1) is 11.6 Å². The van der Waals surface area contributed by atoms with Crippen LogP contribution in [0.4, 0.5) is 8.78 Å². The molecule has 0 saturated carbocycles. The van der Waals surface area contributed by atoms with Gasteiger partial charge in [-0.15, -0.1) is 11.3 Å². The molecule has 0 aliphatic rings. The fourth-order valence-electron chi connectivity index (χ4n) is 1.58. The second-order valence-corrected chi connectivity index (χ2v) is 4.83. The van der Waals surface area contributed by atoms with E-state index in [1.807, 2.05) is 24.4 Å². The average molecular weight is 253 g/mol. The number of halogens is 2. The van der Waals surface area contributed by atoms with Crippen molar-refractivity contribution >= 4 is 11.3 Å². The lowest BCUT2D eigenvalue weighted by molar-refractivity contribution is 0.539. The smallest absolute Gasteiger partial charge is 0.127 e. The molecule has 0 bridgehead atoms. The first-order chi connectivity index (χ1) is 8.16. The summed E-state index contributed by atoms with van der Waals surface area (Å²) >= 11 is 1.64. The monoisotopic (exact) mass is 253 g/mol. The quantitative estimate of drug-likeness (QED) is 0.872. The van der Waals surface area contributed by atoms with Gasteiger partial charge in [-0.05, 0) is 36.6 Å². The largest absolute Gasteiger partial charge is 0.305 e. The molecule has 0 radical (unpaired) electrons. The van der Waals surface area contributed by atoms with Gasteiger partial charge in [0.25, 0.3) is 0 Å². The van der Waals surface area contributed by atoms with Gasteiger partial charge in [0, 0.05) is 23.0 Å². The Hall–Kier alpha value is -1.26. The molecule has 90 valence electrons. The second-order valence-electron chi connectivity index (χ2n) is 3.85. The Morgan fingerprint density at radius 3 is 2.82 bits per heavy atom. The molecule has 1 atom stereocenters. The maximum Gasteiger partial charge on any atom is 0.127 e. The Morgan fingerprint density at radius 1 is 1.29 bits per heavy atom. The van der Waals surface area contributed by atoms with E-state index in [0.29, 0.717) is 12.1 Å². The molecule has 0 fully saturated rings. The predicted octanol–water partition coefficient (Wildman–Crippen LogP) is 3.88. The van der Waals surface area contributed by atoms with Gasteiger partial charge in [-0.25, -0.2) is 8.78 Å². The summed E-state index contributed by atoms with van der Waals surface area (Å²) in [6, 6.07) is 7.64. The Balaban J connectivity index is 2.00. The van der Waals surface area contributed by atoms with Crippen molar-refractivity contribution < 1.29 is 8.78 Å². The topological polar surface area (TPSA) is 12.0 Å². The van der Waals surface area contributed by atoms with Crippen LogP contribution in [0.1, 0.15) is 23.4 Å². The minimum atomic E-state index is -0.410. The summed E-state index contributed by atoms with van der Waals surface area (Å²) in [5.74, 6) is -0.788. The molecule has 0 amide bonds. The zero-order valence-corrected chi connectivity index (χ0v) is 10.2. The number of rotatable bonds is 4. The van der Waals surface area contributed by atoms with E-state index < -0.39 is 5.82 Å². The third-order valence-electron chi connectivity index (χ3n) is 2.58. The van der Waals surface area contributed by atoms with Crippen LogP contribution in [0.3, 0.4) is 0 Å². The van der Waals surface area contributed by atoms with Crippen molar-refractivity contribution in [2.24, 2.45) is 0 Å². The lowest BCUT2D eigenvalue weighted by atomic mass is 10.2. The van der Waals surface area contributed by atoms with Gasteiger partial charge in [0.15, 0.2) is 0 Å². The lowest BCUT2D eigenvalue weighted by Crippen LogP contribution is -2.18. The number of benzene rings is 1. The molecule has 17 heavy (non-hydrogen) atoms. The molecule has 1 aromatic carbocycles. The van der Waals surface area contributed by atoms with Crippen LogP contribution in [0.25, 0.3) is 0 Å². The van der Waals surface area contributed by atoms with Crippen LogP contribution in [0.2, 0.25) is 0 Å². The van der Waals surface area contributed by atoms with E-state index in [-0.39, 0.29) is 11.9 Å². The molecule has 1 unspecified atom stereocenters. The molecule has 0 aliphatic heterocycles. The molecule has 2 rings (SSSR count). The SMILES string of the molecule is CC(NCc1cc(F)ccc1F)c1cccs1. The van der Waals surface area contributed by atoms with Gasteiger partial charge in [0.2, 0.25) is 0 Å². The van der Waals surface area contributed by atoms with E-state index in [0.717, 1.165) is 12.1 Å². The fraction of sp³-hybridized carbons (Fsp3) is 0.231. The first-order valence-electron chi connectivity index (χ1n) is 5.37. The number of hydrogen-bond donors (Lipinski definition) is 1. The van der Waals surface area contributed by atoms with Crippen molar-refractivity contribution in [1.82, 2.24) is 5.32 Å². The molecule has 1 aromatic heterocycles. The lowest BCUT2D eigenvalue weighted by Gasteiger charge is -2.12. The number of nitrogens with one attached hydrogen (secondary N) is 1. The van der Waals surface area contributed by atoms with Crippen LogP contribution in [-0.2, 0) is 6.54 Å². The van der Waals surface area contributed by atoms with Gasteiger partial charge in [0.05, 0.1) is 0 Å².